The van der Waals surface area contributed by atoms with Gasteiger partial charge in [-0.2, -0.15) is 0 Å². The van der Waals surface area contributed by atoms with E-state index in [1.54, 1.807) is 0 Å². The highest BCUT2D eigenvalue weighted by Gasteiger charge is 2.06. The second kappa shape index (κ2) is 5.34. The van der Waals surface area contributed by atoms with Gasteiger partial charge in [-0.05, 0) is 60.2 Å². The van der Waals surface area contributed by atoms with Gasteiger partial charge in [0.25, 0.3) is 0 Å². The molecule has 0 bridgehead atoms. The monoisotopic (exact) mass is 303 g/mol. The van der Waals surface area contributed by atoms with Crippen molar-refractivity contribution in [3.63, 3.8) is 0 Å². The van der Waals surface area contributed by atoms with Crippen LogP contribution in [0, 0.1) is 10.5 Å². The molecule has 0 atom stereocenters. The van der Waals surface area contributed by atoms with Gasteiger partial charge >= 0.3 is 0 Å². The van der Waals surface area contributed by atoms with Crippen LogP contribution in [0.25, 0.3) is 0 Å². The minimum atomic E-state index is 0.470. The molecule has 0 amide bonds. The molecule has 0 aliphatic carbocycles. The molecule has 14 heavy (non-hydrogen) atoms. The van der Waals surface area contributed by atoms with Crippen molar-refractivity contribution in [2.24, 2.45) is 0 Å². The van der Waals surface area contributed by atoms with Gasteiger partial charge in [0.2, 0.25) is 0 Å². The van der Waals surface area contributed by atoms with Gasteiger partial charge in [0.15, 0.2) is 0 Å². The molecule has 0 aromatic heterocycles. The third-order valence-corrected chi connectivity index (χ3v) is 2.85. The van der Waals surface area contributed by atoms with Crippen molar-refractivity contribution in [1.29, 1.82) is 0 Å². The summed E-state index contributed by atoms with van der Waals surface area (Å²) in [5, 5.41) is 0. The largest absolute Gasteiger partial charge is 0.365 e. The molecule has 0 aliphatic rings. The number of carbonyl (C=O) groups excluding carboxylic acids is 1. The zero-order chi connectivity index (χ0) is 10.6. The average Bonchev–Trinajstić information content (AvgIpc) is 2.15. The van der Waals surface area contributed by atoms with E-state index in [2.05, 4.69) is 59.5 Å². The first kappa shape index (κ1) is 11.5. The minimum Gasteiger partial charge on any atom is -0.365 e. The molecule has 0 radical (unpaired) electrons. The normalized spacial score (nSPS) is 9.93. The van der Waals surface area contributed by atoms with Crippen LogP contribution in [0.15, 0.2) is 18.2 Å². The number of aldehydes is 1. The lowest BCUT2D eigenvalue weighted by molar-refractivity contribution is -0.106. The Kier molecular flexibility index (Phi) is 4.38. The lowest BCUT2D eigenvalue weighted by Crippen LogP contribution is -2.25. The van der Waals surface area contributed by atoms with Gasteiger partial charge in [-0.1, -0.05) is 0 Å². The van der Waals surface area contributed by atoms with E-state index in [0.717, 1.165) is 18.5 Å². The van der Waals surface area contributed by atoms with Crippen molar-refractivity contribution in [2.75, 3.05) is 18.0 Å². The van der Waals surface area contributed by atoms with Crippen LogP contribution in [-0.2, 0) is 4.79 Å². The first-order valence-corrected chi connectivity index (χ1v) is 5.71. The number of aryl methyl sites for hydroxylation is 1. The molecule has 0 heterocycles. The van der Waals surface area contributed by atoms with E-state index in [4.69, 9.17) is 0 Å². The van der Waals surface area contributed by atoms with Crippen LogP contribution in [0.2, 0.25) is 0 Å². The van der Waals surface area contributed by atoms with E-state index in [1.807, 2.05) is 0 Å². The molecule has 2 nitrogen and oxygen atoms in total. The molecule has 1 aromatic rings. The number of hydrogen-bond donors (Lipinski definition) is 0. The Morgan fingerprint density at radius 1 is 1.50 bits per heavy atom. The molecular weight excluding hydrogens is 289 g/mol. The molecule has 0 aliphatic heterocycles. The van der Waals surface area contributed by atoms with Crippen molar-refractivity contribution < 1.29 is 4.79 Å². The Bertz CT molecular complexity index is 325. The van der Waals surface area contributed by atoms with Crippen LogP contribution in [0.5, 0.6) is 0 Å². The van der Waals surface area contributed by atoms with Gasteiger partial charge in [0, 0.05) is 15.8 Å². The van der Waals surface area contributed by atoms with Gasteiger partial charge in [0.05, 0.1) is 6.54 Å². The van der Waals surface area contributed by atoms with E-state index in [9.17, 15) is 4.79 Å². The number of anilines is 1. The maximum absolute atomic E-state index is 10.5. The topological polar surface area (TPSA) is 20.3 Å². The lowest BCUT2D eigenvalue weighted by atomic mass is 10.2. The summed E-state index contributed by atoms with van der Waals surface area (Å²) in [6.45, 7) is 5.46. The molecule has 76 valence electrons. The summed E-state index contributed by atoms with van der Waals surface area (Å²) in [7, 11) is 0. The first-order chi connectivity index (χ1) is 6.69. The fourth-order valence-corrected chi connectivity index (χ4v) is 2.11. The molecule has 0 spiro atoms. The maximum Gasteiger partial charge on any atom is 0.139 e. The van der Waals surface area contributed by atoms with Gasteiger partial charge in [-0.3, -0.25) is 0 Å². The molecule has 1 rings (SSSR count). The number of nitrogens with zero attached hydrogens (tertiary/aromatic N) is 1. The number of halogens is 1. The number of hydrogen-bond acceptors (Lipinski definition) is 2. The van der Waals surface area contributed by atoms with Crippen molar-refractivity contribution in [2.45, 2.75) is 13.8 Å². The van der Waals surface area contributed by atoms with Gasteiger partial charge in [-0.15, -0.1) is 0 Å². The number of likely N-dealkylation sites (N-methyl/N-ethyl adjacent to an activating group) is 1. The maximum atomic E-state index is 10.5. The average molecular weight is 303 g/mol. The van der Waals surface area contributed by atoms with E-state index in [-0.39, 0.29) is 0 Å². The number of carbonyl (C=O) groups is 1. The smallest absolute Gasteiger partial charge is 0.139 e. The van der Waals surface area contributed by atoms with Crippen LogP contribution in [0.4, 0.5) is 5.69 Å². The summed E-state index contributed by atoms with van der Waals surface area (Å²) in [6, 6.07) is 6.27. The molecule has 0 unspecified atom stereocenters. The Morgan fingerprint density at radius 2 is 2.21 bits per heavy atom. The van der Waals surface area contributed by atoms with E-state index >= 15 is 0 Å². The van der Waals surface area contributed by atoms with Crippen LogP contribution in [-0.4, -0.2) is 19.4 Å². The van der Waals surface area contributed by atoms with Crippen LogP contribution in [0.3, 0.4) is 0 Å². The third-order valence-electron chi connectivity index (χ3n) is 2.18. The predicted molar refractivity (Wildman–Crippen MR) is 67.8 cm³/mol. The zero-order valence-corrected chi connectivity index (χ0v) is 10.6. The van der Waals surface area contributed by atoms with Crippen molar-refractivity contribution in [3.05, 3.63) is 27.3 Å². The summed E-state index contributed by atoms with van der Waals surface area (Å²) in [6.07, 6.45) is 0.945. The minimum absolute atomic E-state index is 0.470. The van der Waals surface area contributed by atoms with E-state index in [1.165, 1.54) is 9.13 Å². The molecular formula is C11H14INO. The third kappa shape index (κ3) is 2.70. The quantitative estimate of drug-likeness (QED) is 0.629. The van der Waals surface area contributed by atoms with Gasteiger partial charge in [0.1, 0.15) is 6.29 Å². The van der Waals surface area contributed by atoms with E-state index < -0.39 is 0 Å². The Hall–Kier alpha value is -0.580. The molecule has 0 saturated heterocycles. The number of rotatable bonds is 4. The SMILES string of the molecule is CCN(CC=O)c1ccc(I)cc1C. The first-order valence-electron chi connectivity index (χ1n) is 4.63. The predicted octanol–water partition coefficient (Wildman–Crippen LogP) is 2.62. The molecule has 0 saturated carbocycles. The second-order valence-corrected chi connectivity index (χ2v) is 4.38. The van der Waals surface area contributed by atoms with Crippen LogP contribution >= 0.6 is 22.6 Å². The fraction of sp³-hybridized carbons (Fsp3) is 0.364. The Labute approximate surface area is 98.4 Å². The summed E-state index contributed by atoms with van der Waals surface area (Å²) < 4.78 is 1.23. The lowest BCUT2D eigenvalue weighted by Gasteiger charge is -2.22. The summed E-state index contributed by atoms with van der Waals surface area (Å²) >= 11 is 2.29. The number of benzene rings is 1. The Balaban J connectivity index is 2.97. The van der Waals surface area contributed by atoms with Gasteiger partial charge < -0.3 is 9.69 Å². The molecule has 3 heteroatoms. The highest BCUT2D eigenvalue weighted by Crippen LogP contribution is 2.21. The zero-order valence-electron chi connectivity index (χ0n) is 8.46. The van der Waals surface area contributed by atoms with Crippen LogP contribution < -0.4 is 4.90 Å². The summed E-state index contributed by atoms with van der Waals surface area (Å²) in [5.41, 5.74) is 2.38. The van der Waals surface area contributed by atoms with Crippen molar-refractivity contribution in [1.82, 2.24) is 0 Å². The summed E-state index contributed by atoms with van der Waals surface area (Å²) in [4.78, 5) is 12.6. The highest BCUT2D eigenvalue weighted by molar-refractivity contribution is 14.1. The summed E-state index contributed by atoms with van der Waals surface area (Å²) in [5.74, 6) is 0. The molecule has 0 N–H and O–H groups in total. The fourth-order valence-electron chi connectivity index (χ4n) is 1.46. The molecule has 1 aromatic carbocycles. The van der Waals surface area contributed by atoms with Gasteiger partial charge in [-0.25, -0.2) is 0 Å². The van der Waals surface area contributed by atoms with Crippen molar-refractivity contribution >= 4 is 34.6 Å². The van der Waals surface area contributed by atoms with Crippen LogP contribution in [0.1, 0.15) is 12.5 Å². The Morgan fingerprint density at radius 3 is 2.71 bits per heavy atom. The second-order valence-electron chi connectivity index (χ2n) is 3.14. The standard InChI is InChI=1S/C11H14INO/c1-3-13(6-7-14)11-5-4-10(12)8-9(11)2/h4-5,7-8H,3,6H2,1-2H3. The van der Waals surface area contributed by atoms with Crippen molar-refractivity contribution in [3.8, 4) is 0 Å². The highest BCUT2D eigenvalue weighted by atomic mass is 127. The molecule has 0 fully saturated rings. The van der Waals surface area contributed by atoms with E-state index in [0.29, 0.717) is 6.54 Å².